The van der Waals surface area contributed by atoms with E-state index in [-0.39, 0.29) is 29.2 Å². The number of carbonyl (C=O) groups is 3. The van der Waals surface area contributed by atoms with E-state index in [9.17, 15) is 9.90 Å². The molecule has 78 heavy (non-hydrogen) atoms. The maximum Gasteiger partial charge on any atom is 0.335 e. The first-order valence-corrected chi connectivity index (χ1v) is 31.3. The van der Waals surface area contributed by atoms with Crippen molar-refractivity contribution in [2.45, 2.75) is 171 Å². The molecule has 1 N–H and O–H groups in total. The van der Waals surface area contributed by atoms with E-state index in [1.165, 1.54) is 33.6 Å². The van der Waals surface area contributed by atoms with E-state index >= 15 is 9.59 Å². The molecular weight excluding hydrogens is 999 g/mol. The van der Waals surface area contributed by atoms with Gasteiger partial charge in [-0.05, 0) is 147 Å². The first kappa shape index (κ1) is 58.1. The minimum absolute atomic E-state index is 0.0660. The van der Waals surface area contributed by atoms with Crippen LogP contribution < -0.4 is 4.90 Å². The molecule has 2 atom stereocenters. The van der Waals surface area contributed by atoms with Crippen LogP contribution in [-0.4, -0.2) is 45.8 Å². The molecule has 0 saturated carbocycles. The number of unbranched alkanes of at least 4 members (excludes halogenated alkanes) is 8. The SMILES string of the molecule is CCCCCCc1cc(C2=C3C(=O)N(CC(CC)CCCC)C(c4cc(CCCCCC)c(-c5ccc(N(c6ccc(C)cc6)c6ccc(C)cc6)cc5)s4)=C3C(=O)N2CC(CC)CCCC)sc1-c1ccc(C(=O)O)cc1. The van der Waals surface area contributed by atoms with Gasteiger partial charge in [0, 0.05) is 39.9 Å². The van der Waals surface area contributed by atoms with E-state index in [2.05, 4.69) is 145 Å². The molecule has 0 saturated heterocycles. The van der Waals surface area contributed by atoms with Crippen LogP contribution in [0.25, 0.3) is 32.3 Å². The van der Waals surface area contributed by atoms with Crippen molar-refractivity contribution in [1.29, 1.82) is 0 Å². The maximum atomic E-state index is 16.0. The van der Waals surface area contributed by atoms with Crippen molar-refractivity contribution in [1.82, 2.24) is 9.80 Å². The first-order valence-electron chi connectivity index (χ1n) is 29.7. The van der Waals surface area contributed by atoms with Gasteiger partial charge in [-0.3, -0.25) is 9.59 Å². The standard InChI is InChI=1S/C69H85N3O4S2/c1-9-15-19-21-25-54-43-59(77-65(54)51-31-33-53(34-32-51)69(75)76)63-61-62(68(74)70(63)45-49(13-5)23-17-11-3)64(71(67(61)73)46-50(14-6)24-18-12-4)60-44-55(26-22-20-16-10-2)66(78-60)52-35-41-58(42-36-52)72(56-37-27-47(7)28-38-56)57-39-29-48(8)30-40-57/h27-44,49-50H,9-26,45-46H2,1-8H3,(H,75,76). The van der Waals surface area contributed by atoms with Gasteiger partial charge in [-0.25, -0.2) is 4.79 Å². The molecule has 7 nitrogen and oxygen atoms in total. The number of rotatable bonds is 30. The molecule has 4 aromatic carbocycles. The zero-order valence-electron chi connectivity index (χ0n) is 48.0. The highest BCUT2D eigenvalue weighted by Gasteiger charge is 2.50. The topological polar surface area (TPSA) is 81.2 Å². The van der Waals surface area contributed by atoms with Crippen LogP contribution in [0, 0.1) is 25.7 Å². The van der Waals surface area contributed by atoms with Crippen LogP contribution in [0.15, 0.2) is 120 Å². The summed E-state index contributed by atoms with van der Waals surface area (Å²) in [4.78, 5) is 54.5. The number of carboxylic acids is 1. The summed E-state index contributed by atoms with van der Waals surface area (Å²) in [6, 6.07) is 38.3. The van der Waals surface area contributed by atoms with Gasteiger partial charge in [-0.1, -0.05) is 178 Å². The van der Waals surface area contributed by atoms with Gasteiger partial charge in [-0.2, -0.15) is 0 Å². The molecule has 0 bridgehead atoms. The van der Waals surface area contributed by atoms with Crippen LogP contribution >= 0.6 is 22.7 Å². The summed E-state index contributed by atoms with van der Waals surface area (Å²) in [5.41, 5.74) is 13.1. The molecule has 2 unspecified atom stereocenters. The summed E-state index contributed by atoms with van der Waals surface area (Å²) in [5.74, 6) is -0.536. The number of fused-ring (bicyclic) bond motifs is 1. The molecule has 8 rings (SSSR count). The van der Waals surface area contributed by atoms with Crippen molar-refractivity contribution in [2.24, 2.45) is 11.8 Å². The normalized spacial score (nSPS) is 14.3. The first-order chi connectivity index (χ1) is 37.9. The van der Waals surface area contributed by atoms with Crippen LogP contribution in [0.4, 0.5) is 17.1 Å². The number of aryl methyl sites for hydroxylation is 4. The van der Waals surface area contributed by atoms with E-state index in [0.29, 0.717) is 24.2 Å². The molecule has 0 aliphatic carbocycles. The second-order valence-electron chi connectivity index (χ2n) is 22.1. The van der Waals surface area contributed by atoms with Gasteiger partial charge < -0.3 is 19.8 Å². The third kappa shape index (κ3) is 13.3. The summed E-state index contributed by atoms with van der Waals surface area (Å²) >= 11 is 3.39. The van der Waals surface area contributed by atoms with E-state index < -0.39 is 5.97 Å². The second kappa shape index (κ2) is 27.7. The summed E-state index contributed by atoms with van der Waals surface area (Å²) < 4.78 is 0. The Balaban J connectivity index is 1.32. The summed E-state index contributed by atoms with van der Waals surface area (Å²) in [7, 11) is 0. The molecular formula is C69H85N3O4S2. The quantitative estimate of drug-likeness (QED) is 0.0455. The summed E-state index contributed by atoms with van der Waals surface area (Å²) in [5, 5.41) is 9.83. The highest BCUT2D eigenvalue weighted by molar-refractivity contribution is 7.17. The van der Waals surface area contributed by atoms with Crippen molar-refractivity contribution in [3.8, 4) is 20.9 Å². The van der Waals surface area contributed by atoms with Crippen molar-refractivity contribution in [3.05, 3.63) is 158 Å². The predicted octanol–water partition coefficient (Wildman–Crippen LogP) is 19.4. The summed E-state index contributed by atoms with van der Waals surface area (Å²) in [6.45, 7) is 18.8. The van der Waals surface area contributed by atoms with Crippen LogP contribution in [0.2, 0.25) is 0 Å². The fraction of sp³-hybridized carbons (Fsp3) is 0.435. The Morgan fingerprint density at radius 2 is 0.872 bits per heavy atom. The van der Waals surface area contributed by atoms with Gasteiger partial charge in [-0.15, -0.1) is 22.7 Å². The molecule has 2 aliphatic heterocycles. The van der Waals surface area contributed by atoms with Crippen LogP contribution in [-0.2, 0) is 22.4 Å². The number of amides is 2. The zero-order chi connectivity index (χ0) is 55.3. The molecule has 2 aliphatic rings. The Kier molecular flexibility index (Phi) is 20.7. The Labute approximate surface area is 475 Å². The molecule has 6 aromatic rings. The molecule has 0 radical (unpaired) electrons. The van der Waals surface area contributed by atoms with Crippen LogP contribution in [0.3, 0.4) is 0 Å². The highest BCUT2D eigenvalue weighted by Crippen LogP contribution is 2.52. The maximum absolute atomic E-state index is 16.0. The lowest BCUT2D eigenvalue weighted by Gasteiger charge is -2.29. The second-order valence-corrected chi connectivity index (χ2v) is 24.2. The lowest BCUT2D eigenvalue weighted by molar-refractivity contribution is -0.124. The number of nitrogens with zero attached hydrogens (tertiary/aromatic N) is 3. The lowest BCUT2D eigenvalue weighted by Crippen LogP contribution is -2.34. The third-order valence-electron chi connectivity index (χ3n) is 16.2. The molecule has 4 heterocycles. The largest absolute Gasteiger partial charge is 0.478 e. The van der Waals surface area contributed by atoms with Gasteiger partial charge in [0.25, 0.3) is 11.8 Å². The number of hydrogen-bond donors (Lipinski definition) is 1. The van der Waals surface area contributed by atoms with Gasteiger partial charge in [0.2, 0.25) is 0 Å². The Bertz CT molecular complexity index is 2990. The molecule has 9 heteroatoms. The zero-order valence-corrected chi connectivity index (χ0v) is 49.7. The van der Waals surface area contributed by atoms with Gasteiger partial charge in [0.1, 0.15) is 0 Å². The number of carbonyl (C=O) groups excluding carboxylic acids is 2. The fourth-order valence-electron chi connectivity index (χ4n) is 11.4. The number of anilines is 3. The molecule has 412 valence electrons. The number of hydrogen-bond acceptors (Lipinski definition) is 6. The van der Waals surface area contributed by atoms with Crippen molar-refractivity contribution in [3.63, 3.8) is 0 Å². The monoisotopic (exact) mass is 1080 g/mol. The lowest BCUT2D eigenvalue weighted by atomic mass is 9.98. The minimum Gasteiger partial charge on any atom is -0.478 e. The van der Waals surface area contributed by atoms with Crippen LogP contribution in [0.1, 0.15) is 187 Å². The number of thiophene rings is 2. The van der Waals surface area contributed by atoms with E-state index in [0.717, 1.165) is 163 Å². The van der Waals surface area contributed by atoms with E-state index in [1.54, 1.807) is 34.8 Å². The molecule has 2 aromatic heterocycles. The minimum atomic E-state index is -0.952. The molecule has 0 fully saturated rings. The fourth-order valence-corrected chi connectivity index (χ4v) is 14.0. The predicted molar refractivity (Wildman–Crippen MR) is 330 cm³/mol. The Hall–Kier alpha value is -6.03. The molecule has 2 amide bonds. The van der Waals surface area contributed by atoms with Crippen molar-refractivity contribution >= 4 is 68.9 Å². The average Bonchev–Trinajstić information content (AvgIpc) is 4.39. The smallest absolute Gasteiger partial charge is 0.335 e. The van der Waals surface area contributed by atoms with Crippen molar-refractivity contribution < 1.29 is 19.5 Å². The number of aromatic carboxylic acids is 1. The third-order valence-corrected chi connectivity index (χ3v) is 18.7. The Morgan fingerprint density at radius 1 is 0.500 bits per heavy atom. The highest BCUT2D eigenvalue weighted by atomic mass is 32.1. The van der Waals surface area contributed by atoms with Gasteiger partial charge in [0.15, 0.2) is 0 Å². The van der Waals surface area contributed by atoms with Gasteiger partial charge in [0.05, 0.1) is 37.9 Å². The van der Waals surface area contributed by atoms with Gasteiger partial charge >= 0.3 is 5.97 Å². The van der Waals surface area contributed by atoms with Crippen LogP contribution in [0.5, 0.6) is 0 Å². The number of benzene rings is 4. The Morgan fingerprint density at radius 3 is 1.23 bits per heavy atom. The average molecular weight is 1080 g/mol. The molecule has 0 spiro atoms. The number of carboxylic acid groups (broad SMARTS) is 1. The van der Waals surface area contributed by atoms with Crippen molar-refractivity contribution in [2.75, 3.05) is 18.0 Å². The summed E-state index contributed by atoms with van der Waals surface area (Å²) in [6.07, 6.45) is 19.0. The van der Waals surface area contributed by atoms with E-state index in [1.807, 2.05) is 21.9 Å². The van der Waals surface area contributed by atoms with E-state index in [4.69, 9.17) is 0 Å².